The average molecular weight is 275 g/mol. The Kier molecular flexibility index (Phi) is 5.87. The van der Waals surface area contributed by atoms with Gasteiger partial charge in [0.25, 0.3) is 0 Å². The molecule has 0 bridgehead atoms. The molecule has 2 N–H and O–H groups in total. The number of anilines is 2. The first-order valence-corrected chi connectivity index (χ1v) is 7.66. The van der Waals surface area contributed by atoms with Crippen molar-refractivity contribution in [2.24, 2.45) is 0 Å². The van der Waals surface area contributed by atoms with Gasteiger partial charge in [-0.1, -0.05) is 19.1 Å². The van der Waals surface area contributed by atoms with Crippen LogP contribution in [0.4, 0.5) is 11.4 Å². The highest BCUT2D eigenvalue weighted by atomic mass is 16.1. The maximum Gasteiger partial charge on any atom is 0.238 e. The Labute approximate surface area is 121 Å². The highest BCUT2D eigenvalue weighted by molar-refractivity contribution is 5.95. The zero-order valence-electron chi connectivity index (χ0n) is 12.3. The largest absolute Gasteiger partial charge is 0.370 e. The molecule has 4 heteroatoms. The molecule has 2 rings (SSSR count). The van der Waals surface area contributed by atoms with Crippen LogP contribution in [0.15, 0.2) is 24.3 Å². The summed E-state index contributed by atoms with van der Waals surface area (Å²) in [5.74, 6) is 0.0305. The Morgan fingerprint density at radius 3 is 2.70 bits per heavy atom. The van der Waals surface area contributed by atoms with Crippen molar-refractivity contribution in [1.82, 2.24) is 5.32 Å². The molecule has 0 saturated carbocycles. The average Bonchev–Trinajstić information content (AvgIpc) is 2.49. The SMILES string of the molecule is CCCNCC(=O)Nc1ccccc1N1CCCCC1. The molecule has 0 atom stereocenters. The summed E-state index contributed by atoms with van der Waals surface area (Å²) < 4.78 is 0. The van der Waals surface area contributed by atoms with Crippen LogP contribution in [0.25, 0.3) is 0 Å². The Balaban J connectivity index is 1.98. The van der Waals surface area contributed by atoms with Gasteiger partial charge in [-0.3, -0.25) is 4.79 Å². The van der Waals surface area contributed by atoms with Crippen LogP contribution in [-0.4, -0.2) is 32.1 Å². The third-order valence-corrected chi connectivity index (χ3v) is 3.59. The molecule has 0 spiro atoms. The summed E-state index contributed by atoms with van der Waals surface area (Å²) >= 11 is 0. The van der Waals surface area contributed by atoms with Crippen molar-refractivity contribution >= 4 is 17.3 Å². The molecule has 1 fully saturated rings. The number of nitrogens with one attached hydrogen (secondary N) is 2. The van der Waals surface area contributed by atoms with Crippen molar-refractivity contribution in [2.75, 3.05) is 36.4 Å². The number of hydrogen-bond donors (Lipinski definition) is 2. The van der Waals surface area contributed by atoms with Crippen LogP contribution in [0.2, 0.25) is 0 Å². The number of hydrogen-bond acceptors (Lipinski definition) is 3. The van der Waals surface area contributed by atoms with Gasteiger partial charge in [0, 0.05) is 13.1 Å². The van der Waals surface area contributed by atoms with Crippen LogP contribution in [0.1, 0.15) is 32.6 Å². The molecule has 0 aromatic heterocycles. The summed E-state index contributed by atoms with van der Waals surface area (Å²) in [7, 11) is 0. The van der Waals surface area contributed by atoms with Crippen molar-refractivity contribution in [2.45, 2.75) is 32.6 Å². The number of amides is 1. The standard InChI is InChI=1S/C16H25N3O/c1-2-10-17-13-16(20)18-14-8-4-5-9-15(14)19-11-6-3-7-12-19/h4-5,8-9,17H,2-3,6-7,10-13H2,1H3,(H,18,20). The minimum atomic E-state index is 0.0305. The van der Waals surface area contributed by atoms with E-state index in [1.165, 1.54) is 19.3 Å². The molecule has 0 aliphatic carbocycles. The highest BCUT2D eigenvalue weighted by Crippen LogP contribution is 2.28. The lowest BCUT2D eigenvalue weighted by molar-refractivity contribution is -0.115. The molecule has 110 valence electrons. The normalized spacial score (nSPS) is 15.2. The number of carbonyl (C=O) groups is 1. The van der Waals surface area contributed by atoms with Crippen LogP contribution in [0.3, 0.4) is 0 Å². The van der Waals surface area contributed by atoms with Gasteiger partial charge >= 0.3 is 0 Å². The number of rotatable bonds is 6. The van der Waals surface area contributed by atoms with E-state index in [4.69, 9.17) is 0 Å². The number of nitrogens with zero attached hydrogens (tertiary/aromatic N) is 1. The maximum absolute atomic E-state index is 11.9. The summed E-state index contributed by atoms with van der Waals surface area (Å²) in [6, 6.07) is 8.10. The molecule has 1 aromatic rings. The zero-order chi connectivity index (χ0) is 14.2. The fourth-order valence-corrected chi connectivity index (χ4v) is 2.56. The van der Waals surface area contributed by atoms with Gasteiger partial charge in [0.05, 0.1) is 17.9 Å². The Morgan fingerprint density at radius 1 is 1.20 bits per heavy atom. The van der Waals surface area contributed by atoms with E-state index >= 15 is 0 Å². The van der Waals surface area contributed by atoms with Crippen molar-refractivity contribution in [1.29, 1.82) is 0 Å². The molecule has 1 aliphatic heterocycles. The van der Waals surface area contributed by atoms with Crippen molar-refractivity contribution in [3.63, 3.8) is 0 Å². The van der Waals surface area contributed by atoms with Crippen LogP contribution in [0, 0.1) is 0 Å². The van der Waals surface area contributed by atoms with Crippen molar-refractivity contribution in [3.05, 3.63) is 24.3 Å². The van der Waals surface area contributed by atoms with Crippen molar-refractivity contribution in [3.8, 4) is 0 Å². The number of para-hydroxylation sites is 2. The second-order valence-corrected chi connectivity index (χ2v) is 5.29. The third-order valence-electron chi connectivity index (χ3n) is 3.59. The lowest BCUT2D eigenvalue weighted by atomic mass is 10.1. The van der Waals surface area contributed by atoms with Crippen LogP contribution in [0.5, 0.6) is 0 Å². The predicted octanol–water partition coefficient (Wildman–Crippen LogP) is 2.62. The molecule has 1 heterocycles. The summed E-state index contributed by atoms with van der Waals surface area (Å²) in [5.41, 5.74) is 2.08. The molecule has 4 nitrogen and oxygen atoms in total. The Bertz CT molecular complexity index is 427. The smallest absolute Gasteiger partial charge is 0.238 e. The second kappa shape index (κ2) is 7.90. The highest BCUT2D eigenvalue weighted by Gasteiger charge is 2.15. The monoisotopic (exact) mass is 275 g/mol. The van der Waals surface area contributed by atoms with Gasteiger partial charge in [0.2, 0.25) is 5.91 Å². The molecule has 20 heavy (non-hydrogen) atoms. The number of piperidine rings is 1. The predicted molar refractivity (Wildman–Crippen MR) is 84.3 cm³/mol. The van der Waals surface area contributed by atoms with Gasteiger partial charge in [-0.2, -0.15) is 0 Å². The fraction of sp³-hybridized carbons (Fsp3) is 0.562. The summed E-state index contributed by atoms with van der Waals surface area (Å²) in [4.78, 5) is 14.3. The van der Waals surface area contributed by atoms with Gasteiger partial charge in [-0.25, -0.2) is 0 Å². The molecule has 0 radical (unpaired) electrons. The Morgan fingerprint density at radius 2 is 1.95 bits per heavy atom. The maximum atomic E-state index is 11.9. The lowest BCUT2D eigenvalue weighted by Gasteiger charge is -2.30. The second-order valence-electron chi connectivity index (χ2n) is 5.29. The lowest BCUT2D eigenvalue weighted by Crippen LogP contribution is -2.32. The van der Waals surface area contributed by atoms with E-state index in [1.54, 1.807) is 0 Å². The summed E-state index contributed by atoms with van der Waals surface area (Å²) in [6.45, 7) is 5.52. The van der Waals surface area contributed by atoms with Gasteiger partial charge in [-0.15, -0.1) is 0 Å². The first kappa shape index (κ1) is 14.9. The summed E-state index contributed by atoms with van der Waals surface area (Å²) in [5, 5.41) is 6.15. The summed E-state index contributed by atoms with van der Waals surface area (Å²) in [6.07, 6.45) is 4.82. The molecule has 1 aromatic carbocycles. The molecular formula is C16H25N3O. The fourth-order valence-electron chi connectivity index (χ4n) is 2.56. The molecule has 0 unspecified atom stereocenters. The van der Waals surface area contributed by atoms with E-state index in [9.17, 15) is 4.79 Å². The number of benzene rings is 1. The molecule has 1 amide bonds. The van der Waals surface area contributed by atoms with E-state index in [1.807, 2.05) is 18.2 Å². The van der Waals surface area contributed by atoms with Crippen LogP contribution >= 0.6 is 0 Å². The molecule has 1 saturated heterocycles. The van der Waals surface area contributed by atoms with E-state index in [2.05, 4.69) is 28.5 Å². The van der Waals surface area contributed by atoms with Crippen molar-refractivity contribution < 1.29 is 4.79 Å². The minimum absolute atomic E-state index is 0.0305. The van der Waals surface area contributed by atoms with Gasteiger partial charge in [0.15, 0.2) is 0 Å². The first-order chi connectivity index (χ1) is 9.81. The van der Waals surface area contributed by atoms with E-state index < -0.39 is 0 Å². The van der Waals surface area contributed by atoms with E-state index in [-0.39, 0.29) is 5.91 Å². The number of carbonyl (C=O) groups excluding carboxylic acids is 1. The molecule has 1 aliphatic rings. The van der Waals surface area contributed by atoms with Gasteiger partial charge in [-0.05, 0) is 44.4 Å². The van der Waals surface area contributed by atoms with Crippen LogP contribution in [-0.2, 0) is 4.79 Å². The first-order valence-electron chi connectivity index (χ1n) is 7.66. The topological polar surface area (TPSA) is 44.4 Å². The van der Waals surface area contributed by atoms with Gasteiger partial charge < -0.3 is 15.5 Å². The Hall–Kier alpha value is -1.55. The third kappa shape index (κ3) is 4.23. The molecular weight excluding hydrogens is 250 g/mol. The van der Waals surface area contributed by atoms with E-state index in [0.717, 1.165) is 37.4 Å². The zero-order valence-corrected chi connectivity index (χ0v) is 12.3. The quantitative estimate of drug-likeness (QED) is 0.784. The van der Waals surface area contributed by atoms with Crippen LogP contribution < -0.4 is 15.5 Å². The van der Waals surface area contributed by atoms with Gasteiger partial charge in [0.1, 0.15) is 0 Å². The van der Waals surface area contributed by atoms with E-state index in [0.29, 0.717) is 6.54 Å². The minimum Gasteiger partial charge on any atom is -0.370 e.